The first-order valence-corrected chi connectivity index (χ1v) is 17.0. The van der Waals surface area contributed by atoms with E-state index < -0.39 is 7.26 Å². The van der Waals surface area contributed by atoms with Crippen LogP contribution in [0.5, 0.6) is 0 Å². The van der Waals surface area contributed by atoms with E-state index >= 15 is 0 Å². The molecule has 0 aliphatic rings. The molecule has 0 bridgehead atoms. The molecule has 0 saturated heterocycles. The summed E-state index contributed by atoms with van der Waals surface area (Å²) in [4.78, 5) is 0. The minimum Gasteiger partial charge on any atom is -0.356 e. The van der Waals surface area contributed by atoms with Crippen LogP contribution in [0.3, 0.4) is 0 Å². The van der Waals surface area contributed by atoms with Crippen molar-refractivity contribution in [3.05, 3.63) is 0 Å². The number of ether oxygens (including phenoxy) is 2. The van der Waals surface area contributed by atoms with Gasteiger partial charge in [-0.2, -0.15) is 0 Å². The van der Waals surface area contributed by atoms with E-state index in [2.05, 4.69) is 34.6 Å². The highest BCUT2D eigenvalue weighted by molar-refractivity contribution is 7.76. The van der Waals surface area contributed by atoms with Crippen LogP contribution >= 0.6 is 7.26 Å². The minimum absolute atomic E-state index is 0.0805. The van der Waals surface area contributed by atoms with Crippen molar-refractivity contribution < 1.29 is 9.47 Å². The molecular weight excluding hydrogens is 411 g/mol. The maximum Gasteiger partial charge on any atom is 0.167 e. The van der Waals surface area contributed by atoms with Gasteiger partial charge in [0, 0.05) is 14.4 Å². The Balaban J connectivity index is 4.99. The maximum absolute atomic E-state index is 6.48. The van der Waals surface area contributed by atoms with Crippen molar-refractivity contribution in [2.75, 3.05) is 25.6 Å². The molecule has 3 heteroatoms. The summed E-state index contributed by atoms with van der Waals surface area (Å²) in [5, 5.41) is 0. The van der Waals surface area contributed by atoms with Crippen LogP contribution in [0.15, 0.2) is 0 Å². The van der Waals surface area contributed by atoms with Gasteiger partial charge < -0.3 is 9.47 Å². The Morgan fingerprint density at radius 1 is 0.500 bits per heavy atom. The Bertz CT molecular complexity index is 333. The van der Waals surface area contributed by atoms with Gasteiger partial charge in [-0.3, -0.25) is 0 Å². The smallest absolute Gasteiger partial charge is 0.167 e. The van der Waals surface area contributed by atoms with E-state index in [0.29, 0.717) is 5.85 Å². The van der Waals surface area contributed by atoms with E-state index in [1.54, 1.807) is 7.11 Å². The van der Waals surface area contributed by atoms with Crippen molar-refractivity contribution in [2.24, 2.45) is 0 Å². The summed E-state index contributed by atoms with van der Waals surface area (Å²) >= 11 is 0. The third kappa shape index (κ3) is 16.9. The van der Waals surface area contributed by atoms with Crippen molar-refractivity contribution in [1.82, 2.24) is 0 Å². The van der Waals surface area contributed by atoms with Crippen molar-refractivity contribution in [2.45, 2.75) is 162 Å². The molecule has 0 aliphatic carbocycles. The molecule has 32 heavy (non-hydrogen) atoms. The maximum atomic E-state index is 6.48. The normalized spacial score (nSPS) is 14.1. The SMILES string of the molecule is CCCCCCCC[P+](CCCCCCCC)(CCCCCCCC)C(C)OC(C)OC. The third-order valence-electron chi connectivity index (χ3n) is 7.36. The Morgan fingerprint density at radius 2 is 0.812 bits per heavy atom. The van der Waals surface area contributed by atoms with E-state index in [1.165, 1.54) is 134 Å². The quantitative estimate of drug-likeness (QED) is 0.0745. The van der Waals surface area contributed by atoms with Crippen LogP contribution in [0.1, 0.15) is 150 Å². The molecule has 0 saturated carbocycles. The Labute approximate surface area is 204 Å². The van der Waals surface area contributed by atoms with Gasteiger partial charge in [0.25, 0.3) is 0 Å². The molecule has 0 amide bonds. The predicted molar refractivity (Wildman–Crippen MR) is 149 cm³/mol. The second-order valence-electron chi connectivity index (χ2n) is 10.2. The summed E-state index contributed by atoms with van der Waals surface area (Å²) in [6.45, 7) is 11.4. The molecule has 2 unspecified atom stereocenters. The van der Waals surface area contributed by atoms with Crippen molar-refractivity contribution >= 4 is 7.26 Å². The van der Waals surface area contributed by atoms with Crippen LogP contribution in [-0.2, 0) is 9.47 Å². The number of hydrogen-bond acceptors (Lipinski definition) is 2. The molecule has 2 nitrogen and oxygen atoms in total. The van der Waals surface area contributed by atoms with Gasteiger partial charge in [0.1, 0.15) is 0 Å². The lowest BCUT2D eigenvalue weighted by molar-refractivity contribution is -0.118. The first-order chi connectivity index (χ1) is 15.6. The average Bonchev–Trinajstić information content (AvgIpc) is 2.79. The second kappa shape index (κ2) is 23.1. The summed E-state index contributed by atoms with van der Waals surface area (Å²) in [5.41, 5.74) is 0. The van der Waals surface area contributed by atoms with Crippen molar-refractivity contribution in [1.29, 1.82) is 0 Å². The Kier molecular flexibility index (Phi) is 23.4. The molecular formula is C29H62O2P+. The molecule has 0 fully saturated rings. The summed E-state index contributed by atoms with van der Waals surface area (Å²) in [6, 6.07) is 0. The van der Waals surface area contributed by atoms with E-state index in [1.807, 2.05) is 0 Å². The average molecular weight is 474 g/mol. The molecule has 194 valence electrons. The summed E-state index contributed by atoms with van der Waals surface area (Å²) in [5.74, 6) is 0.388. The Morgan fingerprint density at radius 3 is 1.12 bits per heavy atom. The molecule has 0 aromatic rings. The van der Waals surface area contributed by atoms with E-state index in [4.69, 9.17) is 9.47 Å². The van der Waals surface area contributed by atoms with Gasteiger partial charge in [-0.1, -0.05) is 97.8 Å². The fraction of sp³-hybridized carbons (Fsp3) is 1.00. The highest BCUT2D eigenvalue weighted by Gasteiger charge is 2.43. The lowest BCUT2D eigenvalue weighted by atomic mass is 10.1. The van der Waals surface area contributed by atoms with E-state index in [-0.39, 0.29) is 6.29 Å². The van der Waals surface area contributed by atoms with Crippen LogP contribution < -0.4 is 0 Å². The van der Waals surface area contributed by atoms with Gasteiger partial charge in [0.2, 0.25) is 0 Å². The molecule has 0 N–H and O–H groups in total. The monoisotopic (exact) mass is 473 g/mol. The topological polar surface area (TPSA) is 18.5 Å². The second-order valence-corrected chi connectivity index (χ2v) is 14.7. The molecule has 0 aromatic heterocycles. The van der Waals surface area contributed by atoms with Crippen LogP contribution in [0.2, 0.25) is 0 Å². The van der Waals surface area contributed by atoms with E-state index in [9.17, 15) is 0 Å². The first kappa shape index (κ1) is 32.4. The van der Waals surface area contributed by atoms with Crippen LogP contribution in [0.4, 0.5) is 0 Å². The van der Waals surface area contributed by atoms with Gasteiger partial charge in [-0.05, 0) is 52.4 Å². The molecule has 0 aliphatic heterocycles. The molecule has 2 atom stereocenters. The number of hydrogen-bond donors (Lipinski definition) is 0. The molecule has 0 rings (SSSR count). The molecule has 0 heterocycles. The number of rotatable bonds is 25. The lowest BCUT2D eigenvalue weighted by Crippen LogP contribution is -2.27. The third-order valence-corrected chi connectivity index (χ3v) is 12.6. The standard InChI is InChI=1S/C29H62O2P/c1-7-10-13-16-19-22-25-32(29(5)31-28(4)30-6,26-23-20-17-14-11-8-2)27-24-21-18-15-12-9-3/h28-29H,7-27H2,1-6H3/q+1. The van der Waals surface area contributed by atoms with Gasteiger partial charge in [0.15, 0.2) is 12.1 Å². The van der Waals surface area contributed by atoms with Crippen LogP contribution in [0.25, 0.3) is 0 Å². The van der Waals surface area contributed by atoms with Gasteiger partial charge in [-0.15, -0.1) is 0 Å². The van der Waals surface area contributed by atoms with Crippen molar-refractivity contribution in [3.63, 3.8) is 0 Å². The van der Waals surface area contributed by atoms with Gasteiger partial charge in [0.05, 0.1) is 18.5 Å². The van der Waals surface area contributed by atoms with E-state index in [0.717, 1.165) is 0 Å². The summed E-state index contributed by atoms with van der Waals surface area (Å²) in [6.07, 6.45) is 29.5. The molecule has 0 radical (unpaired) electrons. The zero-order valence-electron chi connectivity index (χ0n) is 23.3. The fourth-order valence-corrected chi connectivity index (χ4v) is 9.72. The first-order valence-electron chi connectivity index (χ1n) is 14.6. The highest BCUT2D eigenvalue weighted by Crippen LogP contribution is 2.65. The minimum atomic E-state index is -1.12. The highest BCUT2D eigenvalue weighted by atomic mass is 31.2. The fourth-order valence-electron chi connectivity index (χ4n) is 4.96. The van der Waals surface area contributed by atoms with Crippen molar-refractivity contribution in [3.8, 4) is 0 Å². The zero-order valence-corrected chi connectivity index (χ0v) is 24.2. The number of unbranched alkanes of at least 4 members (excludes halogenated alkanes) is 15. The molecule has 0 aromatic carbocycles. The molecule has 0 spiro atoms. The largest absolute Gasteiger partial charge is 0.356 e. The lowest BCUT2D eigenvalue weighted by Gasteiger charge is -2.34. The predicted octanol–water partition coefficient (Wildman–Crippen LogP) is 10.4. The zero-order chi connectivity index (χ0) is 23.9. The summed E-state index contributed by atoms with van der Waals surface area (Å²) < 4.78 is 12.0. The Hall–Kier alpha value is 0.350. The van der Waals surface area contributed by atoms with Gasteiger partial charge in [-0.25, -0.2) is 0 Å². The summed E-state index contributed by atoms with van der Waals surface area (Å²) in [7, 11) is 0.661. The van der Waals surface area contributed by atoms with Crippen LogP contribution in [-0.4, -0.2) is 37.7 Å². The van der Waals surface area contributed by atoms with Crippen LogP contribution in [0, 0.1) is 0 Å². The number of methoxy groups -OCH3 is 1. The van der Waals surface area contributed by atoms with Gasteiger partial charge >= 0.3 is 0 Å².